The van der Waals surface area contributed by atoms with E-state index in [1.165, 1.54) is 5.56 Å². The number of amides is 2. The molecule has 4 aromatic rings. The lowest BCUT2D eigenvalue weighted by molar-refractivity contribution is -0.111. The number of halogens is 2. The predicted octanol–water partition coefficient (Wildman–Crippen LogP) is 9.15. The average molecular weight is 684 g/mol. The minimum absolute atomic E-state index is 0.0557. The normalized spacial score (nSPS) is 16.1. The zero-order chi connectivity index (χ0) is 31.8. The van der Waals surface area contributed by atoms with Crippen molar-refractivity contribution in [2.75, 3.05) is 24.4 Å². The number of hydrogen-bond donors (Lipinski definition) is 2. The van der Waals surface area contributed by atoms with Gasteiger partial charge in [0.05, 0.1) is 13.7 Å². The third-order valence-corrected chi connectivity index (χ3v) is 9.04. The predicted molar refractivity (Wildman–Crippen MR) is 186 cm³/mol. The highest BCUT2D eigenvalue weighted by Gasteiger charge is 2.27. The van der Waals surface area contributed by atoms with Gasteiger partial charge in [-0.05, 0) is 107 Å². The summed E-state index contributed by atoms with van der Waals surface area (Å²) in [5.41, 5.74) is 10.1. The van der Waals surface area contributed by atoms with E-state index in [0.29, 0.717) is 22.1 Å². The molecule has 3 aliphatic rings. The number of carbonyl (C=O) groups excluding carboxylic acids is 2. The van der Waals surface area contributed by atoms with E-state index in [1.54, 1.807) is 7.11 Å². The van der Waals surface area contributed by atoms with Gasteiger partial charge in [-0.15, -0.1) is 0 Å². The largest absolute Gasteiger partial charge is 0.496 e. The second-order valence-electron chi connectivity index (χ2n) is 11.4. The summed E-state index contributed by atoms with van der Waals surface area (Å²) in [6.07, 6.45) is 4.78. The van der Waals surface area contributed by atoms with Crippen molar-refractivity contribution in [1.82, 2.24) is 0 Å². The number of nitrogens with one attached hydrogen (secondary N) is 2. The molecule has 0 saturated carbocycles. The Hall–Kier alpha value is -4.33. The van der Waals surface area contributed by atoms with Crippen LogP contribution in [0.3, 0.4) is 0 Å². The summed E-state index contributed by atoms with van der Waals surface area (Å²) in [6, 6.07) is 21.5. The van der Waals surface area contributed by atoms with E-state index < -0.39 is 0 Å². The molecule has 6 nitrogen and oxygen atoms in total. The van der Waals surface area contributed by atoms with Gasteiger partial charge in [0.15, 0.2) is 0 Å². The Morgan fingerprint density at radius 2 is 1.58 bits per heavy atom. The second kappa shape index (κ2) is 12.6. The number of benzene rings is 4. The topological polar surface area (TPSA) is 76.7 Å². The monoisotopic (exact) mass is 682 g/mol. The lowest BCUT2D eigenvalue weighted by Crippen LogP contribution is -2.03. The van der Waals surface area contributed by atoms with Gasteiger partial charge < -0.3 is 20.1 Å². The molecule has 0 saturated heterocycles. The highest BCUT2D eigenvalue weighted by atomic mass is 79.9. The first kappa shape index (κ1) is 30.7. The standard InChI is InChI=1S/C20H20ClNO2.C17H12BrNO2/c1-11(2)14-9-13(5-8-18(14)24-4)10-15-19-12(3)16(21)6-7-17(19)22-20(15)23;18-12-2-3-15-13(9-12)14(17(20)19-15)8-10-1-4-16-11(7-10)5-6-21-16/h5-11H,1-4H3,(H,22,23);1-4,7-9H,5-6H2,(H,19,20). The number of carbonyl (C=O) groups is 2. The molecule has 2 N–H and O–H groups in total. The summed E-state index contributed by atoms with van der Waals surface area (Å²) in [5, 5.41) is 6.46. The molecule has 0 radical (unpaired) electrons. The second-order valence-corrected chi connectivity index (χ2v) is 12.8. The van der Waals surface area contributed by atoms with Crippen LogP contribution < -0.4 is 20.1 Å². The van der Waals surface area contributed by atoms with E-state index in [1.807, 2.05) is 73.7 Å². The van der Waals surface area contributed by atoms with Gasteiger partial charge in [0.1, 0.15) is 11.5 Å². The van der Waals surface area contributed by atoms with Crippen molar-refractivity contribution in [1.29, 1.82) is 0 Å². The highest BCUT2D eigenvalue weighted by Crippen LogP contribution is 2.39. The quantitative estimate of drug-likeness (QED) is 0.211. The smallest absolute Gasteiger partial charge is 0.256 e. The van der Waals surface area contributed by atoms with E-state index in [4.69, 9.17) is 21.1 Å². The fourth-order valence-electron chi connectivity index (χ4n) is 5.81. The molecule has 228 valence electrons. The first-order valence-electron chi connectivity index (χ1n) is 14.7. The molecular formula is C37H32BrClN2O4. The fourth-order valence-corrected chi connectivity index (χ4v) is 6.32. The van der Waals surface area contributed by atoms with Crippen molar-refractivity contribution in [3.05, 3.63) is 115 Å². The molecule has 0 bridgehead atoms. The van der Waals surface area contributed by atoms with Crippen LogP contribution in [0, 0.1) is 6.92 Å². The average Bonchev–Trinajstić information content (AvgIpc) is 3.71. The van der Waals surface area contributed by atoms with Crippen molar-refractivity contribution in [2.24, 2.45) is 0 Å². The number of hydrogen-bond acceptors (Lipinski definition) is 4. The van der Waals surface area contributed by atoms with Crippen LogP contribution in [0.2, 0.25) is 5.02 Å². The van der Waals surface area contributed by atoms with Gasteiger partial charge in [0.25, 0.3) is 11.8 Å². The molecule has 0 fully saturated rings. The third-order valence-electron chi connectivity index (χ3n) is 8.14. The maximum absolute atomic E-state index is 12.4. The summed E-state index contributed by atoms with van der Waals surface area (Å²) in [5.74, 6) is 2.00. The van der Waals surface area contributed by atoms with E-state index in [9.17, 15) is 9.59 Å². The Balaban J connectivity index is 0.000000160. The van der Waals surface area contributed by atoms with E-state index in [-0.39, 0.29) is 11.8 Å². The summed E-state index contributed by atoms with van der Waals surface area (Å²) in [6.45, 7) is 6.92. The van der Waals surface area contributed by atoms with Crippen LogP contribution in [0.1, 0.15) is 58.7 Å². The Kier molecular flexibility index (Phi) is 8.58. The minimum atomic E-state index is -0.0997. The van der Waals surface area contributed by atoms with Crippen molar-refractivity contribution < 1.29 is 19.1 Å². The van der Waals surface area contributed by atoms with Crippen LogP contribution in [0.15, 0.2) is 71.2 Å². The maximum Gasteiger partial charge on any atom is 0.256 e. The molecule has 45 heavy (non-hydrogen) atoms. The molecule has 0 spiro atoms. The van der Waals surface area contributed by atoms with Gasteiger partial charge in [-0.1, -0.05) is 53.5 Å². The summed E-state index contributed by atoms with van der Waals surface area (Å²) < 4.78 is 11.9. The number of rotatable bonds is 4. The first-order chi connectivity index (χ1) is 21.6. The van der Waals surface area contributed by atoms with E-state index >= 15 is 0 Å². The Bertz CT molecular complexity index is 1930. The molecule has 2 amide bonds. The lowest BCUT2D eigenvalue weighted by atomic mass is 9.96. The van der Waals surface area contributed by atoms with Crippen molar-refractivity contribution in [2.45, 2.75) is 33.1 Å². The van der Waals surface area contributed by atoms with Gasteiger partial charge in [-0.2, -0.15) is 0 Å². The van der Waals surface area contributed by atoms with Crippen molar-refractivity contribution >= 4 is 74.0 Å². The number of ether oxygens (including phenoxy) is 2. The van der Waals surface area contributed by atoms with Crippen molar-refractivity contribution in [3.8, 4) is 11.5 Å². The molecule has 0 aliphatic carbocycles. The van der Waals surface area contributed by atoms with Gasteiger partial charge in [-0.3, -0.25) is 9.59 Å². The molecule has 4 aromatic carbocycles. The fraction of sp³-hybridized carbons (Fsp3) is 0.189. The first-order valence-corrected chi connectivity index (χ1v) is 15.9. The van der Waals surface area contributed by atoms with Crippen LogP contribution >= 0.6 is 27.5 Å². The Morgan fingerprint density at radius 1 is 0.889 bits per heavy atom. The third kappa shape index (κ3) is 6.15. The van der Waals surface area contributed by atoms with E-state index in [2.05, 4.69) is 52.5 Å². The molecule has 3 heterocycles. The molecule has 0 aromatic heterocycles. The maximum atomic E-state index is 12.4. The number of anilines is 2. The van der Waals surface area contributed by atoms with Gasteiger partial charge in [0, 0.05) is 49.6 Å². The summed E-state index contributed by atoms with van der Waals surface area (Å²) >= 11 is 9.69. The minimum Gasteiger partial charge on any atom is -0.496 e. The van der Waals surface area contributed by atoms with Crippen molar-refractivity contribution in [3.63, 3.8) is 0 Å². The van der Waals surface area contributed by atoms with Crippen LogP contribution in [0.5, 0.6) is 11.5 Å². The van der Waals surface area contributed by atoms with Crippen LogP contribution in [0.4, 0.5) is 11.4 Å². The molecule has 0 atom stereocenters. The molecule has 8 heteroatoms. The number of methoxy groups -OCH3 is 1. The lowest BCUT2D eigenvalue weighted by Gasteiger charge is -2.13. The summed E-state index contributed by atoms with van der Waals surface area (Å²) in [7, 11) is 1.67. The molecular weight excluding hydrogens is 652 g/mol. The summed E-state index contributed by atoms with van der Waals surface area (Å²) in [4.78, 5) is 24.6. The Labute approximate surface area is 276 Å². The van der Waals surface area contributed by atoms with Crippen LogP contribution in [-0.4, -0.2) is 25.5 Å². The number of fused-ring (bicyclic) bond motifs is 3. The van der Waals surface area contributed by atoms with Crippen LogP contribution in [0.25, 0.3) is 23.3 Å². The van der Waals surface area contributed by atoms with Gasteiger partial charge in [-0.25, -0.2) is 0 Å². The van der Waals surface area contributed by atoms with E-state index in [0.717, 1.165) is 73.8 Å². The zero-order valence-electron chi connectivity index (χ0n) is 25.4. The van der Waals surface area contributed by atoms with Gasteiger partial charge >= 0.3 is 0 Å². The zero-order valence-corrected chi connectivity index (χ0v) is 27.7. The Morgan fingerprint density at radius 3 is 2.36 bits per heavy atom. The van der Waals surface area contributed by atoms with Crippen LogP contribution in [-0.2, 0) is 16.0 Å². The SMILES string of the molecule is COc1ccc(C=C2C(=O)Nc3ccc(Cl)c(C)c32)cc1C(C)C.O=C1Nc2ccc(Br)cc2C1=Cc1ccc2c(c1)CCO2. The molecule has 0 unspecified atom stereocenters. The highest BCUT2D eigenvalue weighted by molar-refractivity contribution is 9.10. The van der Waals surface area contributed by atoms with Gasteiger partial charge in [0.2, 0.25) is 0 Å². The molecule has 3 aliphatic heterocycles. The molecule has 7 rings (SSSR count).